The molecule has 0 aliphatic carbocycles. The van der Waals surface area contributed by atoms with Crippen LogP contribution >= 0.6 is 0 Å². The summed E-state index contributed by atoms with van der Waals surface area (Å²) in [5, 5.41) is 3.97. The first-order valence-electron chi connectivity index (χ1n) is 10.7. The number of aryl methyl sites for hydroxylation is 1. The molecule has 1 amide bonds. The van der Waals surface area contributed by atoms with E-state index < -0.39 is 0 Å². The number of nitrogens with zero attached hydrogens (tertiary/aromatic N) is 7. The SMILES string of the molecule is Cc1cc(N2CCCC2)nc(N2CCN(C(=O)c3cc(-c4cccnc4)on3)CC2)n1. The van der Waals surface area contributed by atoms with Crippen LogP contribution in [0.3, 0.4) is 0 Å². The van der Waals surface area contributed by atoms with Gasteiger partial charge in [0.1, 0.15) is 5.82 Å². The van der Waals surface area contributed by atoms with Crippen LogP contribution in [0.2, 0.25) is 0 Å². The van der Waals surface area contributed by atoms with Crippen LogP contribution in [0.5, 0.6) is 0 Å². The topological polar surface area (TPSA) is 91.5 Å². The lowest BCUT2D eigenvalue weighted by Gasteiger charge is -2.34. The summed E-state index contributed by atoms with van der Waals surface area (Å²) >= 11 is 0. The Morgan fingerprint density at radius 1 is 1.00 bits per heavy atom. The Bertz CT molecular complexity index is 1050. The molecule has 0 aromatic carbocycles. The van der Waals surface area contributed by atoms with Crippen LogP contribution in [0.1, 0.15) is 29.0 Å². The lowest BCUT2D eigenvalue weighted by Crippen LogP contribution is -2.49. The van der Waals surface area contributed by atoms with Gasteiger partial charge in [0.25, 0.3) is 5.91 Å². The van der Waals surface area contributed by atoms with Gasteiger partial charge in [-0.15, -0.1) is 0 Å². The van der Waals surface area contributed by atoms with E-state index in [1.54, 1.807) is 23.4 Å². The number of piperazine rings is 1. The Morgan fingerprint density at radius 3 is 2.55 bits per heavy atom. The summed E-state index contributed by atoms with van der Waals surface area (Å²) in [7, 11) is 0. The van der Waals surface area contributed by atoms with Crippen LogP contribution in [0, 0.1) is 6.92 Å². The monoisotopic (exact) mass is 419 g/mol. The Hall–Kier alpha value is -3.49. The maximum Gasteiger partial charge on any atom is 0.276 e. The molecule has 31 heavy (non-hydrogen) atoms. The minimum Gasteiger partial charge on any atom is -0.356 e. The van der Waals surface area contributed by atoms with Gasteiger partial charge in [-0.1, -0.05) is 5.16 Å². The Kier molecular flexibility index (Phi) is 5.23. The third-order valence-electron chi connectivity index (χ3n) is 5.78. The molecule has 0 unspecified atom stereocenters. The van der Waals surface area contributed by atoms with Gasteiger partial charge in [-0.2, -0.15) is 4.98 Å². The van der Waals surface area contributed by atoms with Crippen LogP contribution in [-0.2, 0) is 0 Å². The maximum atomic E-state index is 12.9. The minimum atomic E-state index is -0.124. The zero-order valence-corrected chi connectivity index (χ0v) is 17.6. The molecular weight excluding hydrogens is 394 g/mol. The van der Waals surface area contributed by atoms with E-state index in [1.807, 2.05) is 19.1 Å². The molecule has 5 heterocycles. The number of amides is 1. The van der Waals surface area contributed by atoms with Gasteiger partial charge in [0.2, 0.25) is 5.95 Å². The van der Waals surface area contributed by atoms with Gasteiger partial charge < -0.3 is 19.2 Å². The molecule has 0 saturated carbocycles. The predicted octanol–water partition coefficient (Wildman–Crippen LogP) is 2.40. The first-order chi connectivity index (χ1) is 15.2. The number of aromatic nitrogens is 4. The molecule has 0 atom stereocenters. The van der Waals surface area contributed by atoms with E-state index in [4.69, 9.17) is 9.51 Å². The third-order valence-corrected chi connectivity index (χ3v) is 5.78. The largest absolute Gasteiger partial charge is 0.356 e. The van der Waals surface area contributed by atoms with Crippen molar-refractivity contribution >= 4 is 17.7 Å². The second kappa shape index (κ2) is 8.33. The highest BCUT2D eigenvalue weighted by atomic mass is 16.5. The third kappa shape index (κ3) is 4.08. The van der Waals surface area contributed by atoms with Gasteiger partial charge in [-0.3, -0.25) is 9.78 Å². The van der Waals surface area contributed by atoms with E-state index in [2.05, 4.69) is 31.0 Å². The molecule has 9 heteroatoms. The number of carbonyl (C=O) groups is 1. The number of pyridine rings is 1. The first-order valence-corrected chi connectivity index (χ1v) is 10.7. The predicted molar refractivity (Wildman–Crippen MR) is 116 cm³/mol. The second-order valence-corrected chi connectivity index (χ2v) is 7.96. The van der Waals surface area contributed by atoms with Gasteiger partial charge in [-0.05, 0) is 31.9 Å². The molecule has 0 bridgehead atoms. The van der Waals surface area contributed by atoms with Crippen molar-refractivity contribution in [3.05, 3.63) is 48.0 Å². The molecule has 3 aromatic rings. The fourth-order valence-electron chi connectivity index (χ4n) is 4.08. The number of carbonyl (C=O) groups excluding carboxylic acids is 1. The highest BCUT2D eigenvalue weighted by Gasteiger charge is 2.26. The molecule has 160 valence electrons. The summed E-state index contributed by atoms with van der Waals surface area (Å²) in [6.45, 7) is 6.65. The second-order valence-electron chi connectivity index (χ2n) is 7.96. The van der Waals surface area contributed by atoms with Crippen molar-refractivity contribution in [1.82, 2.24) is 25.0 Å². The van der Waals surface area contributed by atoms with Crippen molar-refractivity contribution < 1.29 is 9.32 Å². The summed E-state index contributed by atoms with van der Waals surface area (Å²) < 4.78 is 5.36. The molecule has 0 spiro atoms. The van der Waals surface area contributed by atoms with Crippen molar-refractivity contribution in [3.63, 3.8) is 0 Å². The lowest BCUT2D eigenvalue weighted by atomic mass is 10.2. The molecule has 3 aromatic heterocycles. The van der Waals surface area contributed by atoms with Crippen molar-refractivity contribution in [1.29, 1.82) is 0 Å². The molecular formula is C22H25N7O2. The molecule has 2 fully saturated rings. The van der Waals surface area contributed by atoms with E-state index in [0.717, 1.165) is 36.1 Å². The zero-order valence-electron chi connectivity index (χ0n) is 17.6. The summed E-state index contributed by atoms with van der Waals surface area (Å²) in [6.07, 6.45) is 5.80. The van der Waals surface area contributed by atoms with Crippen molar-refractivity contribution in [2.24, 2.45) is 0 Å². The highest BCUT2D eigenvalue weighted by Crippen LogP contribution is 2.23. The van der Waals surface area contributed by atoms with Crippen molar-refractivity contribution in [2.45, 2.75) is 19.8 Å². The molecule has 5 rings (SSSR count). The van der Waals surface area contributed by atoms with E-state index in [1.165, 1.54) is 12.8 Å². The van der Waals surface area contributed by atoms with E-state index in [9.17, 15) is 4.79 Å². The van der Waals surface area contributed by atoms with E-state index in [0.29, 0.717) is 37.6 Å². The maximum absolute atomic E-state index is 12.9. The number of hydrogen-bond acceptors (Lipinski definition) is 8. The van der Waals surface area contributed by atoms with Crippen LogP contribution in [0.15, 0.2) is 41.2 Å². The molecule has 0 radical (unpaired) electrons. The highest BCUT2D eigenvalue weighted by molar-refractivity contribution is 5.93. The van der Waals surface area contributed by atoms with Crippen molar-refractivity contribution in [3.8, 4) is 11.3 Å². The van der Waals surface area contributed by atoms with Crippen LogP contribution in [0.25, 0.3) is 11.3 Å². The first kappa shape index (κ1) is 19.5. The molecule has 9 nitrogen and oxygen atoms in total. The average Bonchev–Trinajstić information content (AvgIpc) is 3.52. The van der Waals surface area contributed by atoms with Gasteiger partial charge >= 0.3 is 0 Å². The minimum absolute atomic E-state index is 0.124. The zero-order chi connectivity index (χ0) is 21.2. The number of hydrogen-bond donors (Lipinski definition) is 0. The molecule has 0 N–H and O–H groups in total. The summed E-state index contributed by atoms with van der Waals surface area (Å²) in [4.78, 5) is 32.7. The normalized spacial score (nSPS) is 16.7. The lowest BCUT2D eigenvalue weighted by molar-refractivity contribution is 0.0736. The van der Waals surface area contributed by atoms with E-state index >= 15 is 0 Å². The van der Waals surface area contributed by atoms with Gasteiger partial charge in [0, 0.05) is 75.1 Å². The van der Waals surface area contributed by atoms with Crippen molar-refractivity contribution in [2.75, 3.05) is 49.1 Å². The fraction of sp³-hybridized carbons (Fsp3) is 0.409. The average molecular weight is 419 g/mol. The quantitative estimate of drug-likeness (QED) is 0.637. The van der Waals surface area contributed by atoms with Crippen LogP contribution in [0.4, 0.5) is 11.8 Å². The number of anilines is 2. The van der Waals surface area contributed by atoms with Gasteiger partial charge in [0.15, 0.2) is 11.5 Å². The van der Waals surface area contributed by atoms with E-state index in [-0.39, 0.29) is 5.91 Å². The Labute approximate surface area is 180 Å². The van der Waals surface area contributed by atoms with Gasteiger partial charge in [0.05, 0.1) is 0 Å². The summed E-state index contributed by atoms with van der Waals surface area (Å²) in [5.74, 6) is 2.16. The van der Waals surface area contributed by atoms with Crippen LogP contribution < -0.4 is 9.80 Å². The fourth-order valence-corrected chi connectivity index (χ4v) is 4.08. The molecule has 2 aliphatic heterocycles. The molecule has 2 aliphatic rings. The van der Waals surface area contributed by atoms with Gasteiger partial charge in [-0.25, -0.2) is 4.98 Å². The smallest absolute Gasteiger partial charge is 0.276 e. The molecule has 2 saturated heterocycles. The Balaban J connectivity index is 1.25. The summed E-state index contributed by atoms with van der Waals surface area (Å²) in [6, 6.07) is 7.43. The summed E-state index contributed by atoms with van der Waals surface area (Å²) in [5.41, 5.74) is 2.08. The number of rotatable bonds is 4. The van der Waals surface area contributed by atoms with Crippen LogP contribution in [-0.4, -0.2) is 70.2 Å². The Morgan fingerprint density at radius 2 is 1.81 bits per heavy atom. The standard InChI is InChI=1S/C22H25N7O2/c1-16-13-20(27-7-2-3-8-27)25-22(24-16)29-11-9-28(10-12-29)21(30)18-14-19(31-26-18)17-5-4-6-23-15-17/h4-6,13-15H,2-3,7-12H2,1H3.